The fourth-order valence-corrected chi connectivity index (χ4v) is 3.60. The first-order valence-electron chi connectivity index (χ1n) is 10.7. The van der Waals surface area contributed by atoms with Crippen LogP contribution in [0.2, 0.25) is 0 Å². The lowest BCUT2D eigenvalue weighted by Gasteiger charge is -2.19. The minimum Gasteiger partial charge on any atom is -0.486 e. The molecular weight excluding hydrogens is 418 g/mol. The summed E-state index contributed by atoms with van der Waals surface area (Å²) in [5.41, 5.74) is 5.44. The van der Waals surface area contributed by atoms with Crippen molar-refractivity contribution in [3.8, 4) is 11.5 Å². The number of amides is 2. The van der Waals surface area contributed by atoms with E-state index in [0.29, 0.717) is 36.1 Å². The van der Waals surface area contributed by atoms with Crippen molar-refractivity contribution in [3.05, 3.63) is 90.0 Å². The average Bonchev–Trinajstić information content (AvgIpc) is 2.84. The van der Waals surface area contributed by atoms with Crippen molar-refractivity contribution in [2.45, 2.75) is 19.3 Å². The summed E-state index contributed by atoms with van der Waals surface area (Å²) in [5.74, 6) is 0.245. The van der Waals surface area contributed by atoms with Crippen LogP contribution < -0.4 is 20.2 Å². The van der Waals surface area contributed by atoms with Crippen LogP contribution in [0.3, 0.4) is 0 Å². The molecule has 0 atom stereocenters. The minimum absolute atomic E-state index is 0.0378. The molecule has 1 aliphatic rings. The molecule has 4 rings (SSSR count). The topological polar surface area (TPSA) is 89.0 Å². The third-order valence-electron chi connectivity index (χ3n) is 5.13. The van der Waals surface area contributed by atoms with Gasteiger partial charge in [0, 0.05) is 17.5 Å². The van der Waals surface area contributed by atoms with Gasteiger partial charge in [0.25, 0.3) is 5.91 Å². The first kappa shape index (κ1) is 22.1. The average molecular weight is 444 g/mol. The molecule has 0 aromatic heterocycles. The largest absolute Gasteiger partial charge is 0.486 e. The van der Waals surface area contributed by atoms with E-state index >= 15 is 0 Å². The molecule has 33 heavy (non-hydrogen) atoms. The Morgan fingerprint density at radius 1 is 0.879 bits per heavy atom. The highest BCUT2D eigenvalue weighted by Crippen LogP contribution is 2.32. The number of hydrazone groups is 1. The molecule has 1 aliphatic heterocycles. The van der Waals surface area contributed by atoms with Crippen molar-refractivity contribution in [2.75, 3.05) is 18.5 Å². The van der Waals surface area contributed by atoms with Crippen molar-refractivity contribution in [3.63, 3.8) is 0 Å². The van der Waals surface area contributed by atoms with Crippen LogP contribution in [0.15, 0.2) is 84.0 Å². The van der Waals surface area contributed by atoms with E-state index in [9.17, 15) is 9.59 Å². The zero-order chi connectivity index (χ0) is 23.0. The molecule has 2 amide bonds. The Labute approximate surface area is 192 Å². The maximum atomic E-state index is 13.0. The van der Waals surface area contributed by atoms with Gasteiger partial charge >= 0.3 is 0 Å². The first-order chi connectivity index (χ1) is 16.1. The molecule has 0 aliphatic carbocycles. The minimum atomic E-state index is -0.504. The van der Waals surface area contributed by atoms with Crippen LogP contribution in [0.4, 0.5) is 5.69 Å². The van der Waals surface area contributed by atoms with Gasteiger partial charge in [0.05, 0.1) is 12.3 Å². The quantitative estimate of drug-likeness (QED) is 0.425. The number of rotatable bonds is 7. The van der Waals surface area contributed by atoms with Crippen LogP contribution in [0.5, 0.6) is 11.5 Å². The van der Waals surface area contributed by atoms with E-state index in [4.69, 9.17) is 9.47 Å². The van der Waals surface area contributed by atoms with Gasteiger partial charge in [-0.2, -0.15) is 5.10 Å². The molecule has 2 N–H and O–H groups in total. The molecule has 3 aromatic carbocycles. The van der Waals surface area contributed by atoms with Crippen molar-refractivity contribution >= 4 is 23.2 Å². The summed E-state index contributed by atoms with van der Waals surface area (Å²) in [6.07, 6.45) is 0.0378. The third kappa shape index (κ3) is 5.77. The van der Waals surface area contributed by atoms with Gasteiger partial charge in [-0.15, -0.1) is 0 Å². The fourth-order valence-electron chi connectivity index (χ4n) is 3.60. The smallest absolute Gasteiger partial charge is 0.252 e. The maximum absolute atomic E-state index is 13.0. The van der Waals surface area contributed by atoms with Gasteiger partial charge in [0.1, 0.15) is 13.2 Å². The molecule has 0 fully saturated rings. The van der Waals surface area contributed by atoms with Crippen molar-refractivity contribution < 1.29 is 19.1 Å². The summed E-state index contributed by atoms with van der Waals surface area (Å²) in [7, 11) is 0. The Bertz CT molecular complexity index is 1110. The number of benzene rings is 3. The molecule has 0 unspecified atom stereocenters. The van der Waals surface area contributed by atoms with Gasteiger partial charge in [-0.25, -0.2) is 5.43 Å². The summed E-state index contributed by atoms with van der Waals surface area (Å²) >= 11 is 0. The highest BCUT2D eigenvalue weighted by molar-refractivity contribution is 6.06. The van der Waals surface area contributed by atoms with Crippen LogP contribution in [-0.2, 0) is 9.59 Å². The summed E-state index contributed by atoms with van der Waals surface area (Å²) in [5, 5.41) is 6.98. The Balaban J connectivity index is 1.39. The molecule has 1 heterocycles. The van der Waals surface area contributed by atoms with Gasteiger partial charge in [0.15, 0.2) is 11.5 Å². The molecule has 168 valence electrons. The van der Waals surface area contributed by atoms with Crippen LogP contribution in [0.25, 0.3) is 0 Å². The zero-order valence-corrected chi connectivity index (χ0v) is 18.3. The van der Waals surface area contributed by atoms with Crippen molar-refractivity contribution in [1.82, 2.24) is 5.43 Å². The summed E-state index contributed by atoms with van der Waals surface area (Å²) in [4.78, 5) is 25.5. The van der Waals surface area contributed by atoms with E-state index in [-0.39, 0.29) is 18.2 Å². The van der Waals surface area contributed by atoms with Gasteiger partial charge in [0.2, 0.25) is 5.91 Å². The lowest BCUT2D eigenvalue weighted by atomic mass is 9.91. The molecule has 0 spiro atoms. The van der Waals surface area contributed by atoms with Gasteiger partial charge in [-0.1, -0.05) is 60.7 Å². The molecule has 7 nitrogen and oxygen atoms in total. The SMILES string of the molecule is CC(CC(=O)Nc1ccc2c(c1)OCCO2)=NNC(=O)C(c1ccccc1)c1ccccc1. The van der Waals surface area contributed by atoms with E-state index < -0.39 is 5.92 Å². The number of fused-ring (bicyclic) bond motifs is 1. The second-order valence-electron chi connectivity index (χ2n) is 7.66. The highest BCUT2D eigenvalue weighted by Gasteiger charge is 2.22. The normalized spacial score (nSPS) is 12.8. The van der Waals surface area contributed by atoms with E-state index in [1.807, 2.05) is 60.7 Å². The van der Waals surface area contributed by atoms with E-state index in [1.54, 1.807) is 25.1 Å². The summed E-state index contributed by atoms with van der Waals surface area (Å²) < 4.78 is 11.0. The molecular formula is C26H25N3O4. The molecule has 0 bridgehead atoms. The predicted octanol–water partition coefficient (Wildman–Crippen LogP) is 4.11. The van der Waals surface area contributed by atoms with E-state index in [2.05, 4.69) is 15.8 Å². The number of ether oxygens (including phenoxy) is 2. The molecule has 3 aromatic rings. The second kappa shape index (κ2) is 10.5. The Kier molecular flexibility index (Phi) is 6.99. The number of hydrogen-bond acceptors (Lipinski definition) is 5. The predicted molar refractivity (Wildman–Crippen MR) is 127 cm³/mol. The number of nitrogens with zero attached hydrogens (tertiary/aromatic N) is 1. The number of carbonyl (C=O) groups excluding carboxylic acids is 2. The zero-order valence-electron chi connectivity index (χ0n) is 18.3. The number of hydrogen-bond donors (Lipinski definition) is 2. The van der Waals surface area contributed by atoms with Gasteiger partial charge in [-0.05, 0) is 30.2 Å². The third-order valence-corrected chi connectivity index (χ3v) is 5.13. The Morgan fingerprint density at radius 2 is 1.48 bits per heavy atom. The molecule has 7 heteroatoms. The molecule has 0 radical (unpaired) electrons. The Hall–Kier alpha value is -4.13. The molecule has 0 saturated carbocycles. The van der Waals surface area contributed by atoms with Crippen molar-refractivity contribution in [1.29, 1.82) is 0 Å². The standard InChI is InChI=1S/C26H25N3O4/c1-18(16-24(30)27-21-12-13-22-23(17-21)33-15-14-32-22)28-29-26(31)25(19-8-4-2-5-9-19)20-10-6-3-7-11-20/h2-13,17,25H,14-16H2,1H3,(H,27,30)(H,29,31). The van der Waals surface area contributed by atoms with Gasteiger partial charge in [-0.3, -0.25) is 9.59 Å². The highest BCUT2D eigenvalue weighted by atomic mass is 16.6. The van der Waals surface area contributed by atoms with Gasteiger partial charge < -0.3 is 14.8 Å². The fraction of sp³-hybridized carbons (Fsp3) is 0.192. The van der Waals surface area contributed by atoms with Crippen LogP contribution in [-0.4, -0.2) is 30.7 Å². The molecule has 0 saturated heterocycles. The number of nitrogens with one attached hydrogen (secondary N) is 2. The lowest BCUT2D eigenvalue weighted by Crippen LogP contribution is -2.27. The second-order valence-corrected chi connectivity index (χ2v) is 7.66. The summed E-state index contributed by atoms with van der Waals surface area (Å²) in [6.45, 7) is 2.68. The lowest BCUT2D eigenvalue weighted by molar-refractivity contribution is -0.121. The monoisotopic (exact) mass is 443 g/mol. The summed E-state index contributed by atoms with van der Waals surface area (Å²) in [6, 6.07) is 24.3. The number of carbonyl (C=O) groups is 2. The first-order valence-corrected chi connectivity index (χ1v) is 10.7. The number of anilines is 1. The Morgan fingerprint density at radius 3 is 2.12 bits per heavy atom. The van der Waals surface area contributed by atoms with E-state index in [1.165, 1.54) is 0 Å². The van der Waals surface area contributed by atoms with Crippen LogP contribution in [0, 0.1) is 0 Å². The van der Waals surface area contributed by atoms with Crippen LogP contribution in [0.1, 0.15) is 30.4 Å². The van der Waals surface area contributed by atoms with Crippen molar-refractivity contribution in [2.24, 2.45) is 5.10 Å². The van der Waals surface area contributed by atoms with Crippen LogP contribution >= 0.6 is 0 Å². The maximum Gasteiger partial charge on any atom is 0.252 e. The van der Waals surface area contributed by atoms with E-state index in [0.717, 1.165) is 11.1 Å².